The molecule has 6 heteroatoms. The summed E-state index contributed by atoms with van der Waals surface area (Å²) in [4.78, 5) is 38.8. The molecule has 0 aromatic heterocycles. The van der Waals surface area contributed by atoms with Gasteiger partial charge in [-0.05, 0) is 30.5 Å². The van der Waals surface area contributed by atoms with Crippen molar-refractivity contribution < 1.29 is 14.4 Å². The molecule has 2 aromatic rings. The van der Waals surface area contributed by atoms with Crippen molar-refractivity contribution in [2.75, 3.05) is 26.2 Å². The number of hydrogen-bond donors (Lipinski definition) is 2. The molecule has 1 aliphatic heterocycles. The predicted molar refractivity (Wildman–Crippen MR) is 111 cm³/mol. The highest BCUT2D eigenvalue weighted by atomic mass is 16.2. The van der Waals surface area contributed by atoms with Gasteiger partial charge in [0.25, 0.3) is 5.91 Å². The lowest BCUT2D eigenvalue weighted by Crippen LogP contribution is -2.53. The molecule has 2 aromatic carbocycles. The highest BCUT2D eigenvalue weighted by Gasteiger charge is 2.43. The van der Waals surface area contributed by atoms with Gasteiger partial charge in [0.05, 0.1) is 5.41 Å². The number of nitrogens with zero attached hydrogens (tertiary/aromatic N) is 1. The Balaban J connectivity index is 1.61. The fraction of sp³-hybridized carbons (Fsp3) is 0.348. The smallest absolute Gasteiger partial charge is 0.251 e. The van der Waals surface area contributed by atoms with Gasteiger partial charge >= 0.3 is 0 Å². The first-order valence-electron chi connectivity index (χ1n) is 9.95. The molecule has 0 aliphatic carbocycles. The number of nitrogens with one attached hydrogen (secondary N) is 2. The van der Waals surface area contributed by atoms with Crippen LogP contribution in [0.1, 0.15) is 35.7 Å². The van der Waals surface area contributed by atoms with Crippen LogP contribution in [0.4, 0.5) is 0 Å². The van der Waals surface area contributed by atoms with Crippen LogP contribution >= 0.6 is 0 Å². The van der Waals surface area contributed by atoms with E-state index in [9.17, 15) is 14.4 Å². The van der Waals surface area contributed by atoms with Gasteiger partial charge in [0.2, 0.25) is 11.8 Å². The van der Waals surface area contributed by atoms with Gasteiger partial charge in [0.1, 0.15) is 0 Å². The van der Waals surface area contributed by atoms with E-state index < -0.39 is 5.41 Å². The van der Waals surface area contributed by atoms with Crippen LogP contribution in [-0.4, -0.2) is 48.8 Å². The molecule has 0 atom stereocenters. The second kappa shape index (κ2) is 9.37. The van der Waals surface area contributed by atoms with Crippen molar-refractivity contribution >= 4 is 17.7 Å². The van der Waals surface area contributed by atoms with E-state index in [2.05, 4.69) is 10.6 Å². The van der Waals surface area contributed by atoms with E-state index in [0.717, 1.165) is 5.56 Å². The average Bonchev–Trinajstić information content (AvgIpc) is 2.77. The molecule has 0 radical (unpaired) electrons. The van der Waals surface area contributed by atoms with Crippen LogP contribution in [0.3, 0.4) is 0 Å². The Kier molecular flexibility index (Phi) is 6.65. The first-order chi connectivity index (χ1) is 14.0. The van der Waals surface area contributed by atoms with Gasteiger partial charge in [-0.2, -0.15) is 0 Å². The second-order valence-electron chi connectivity index (χ2n) is 7.33. The lowest BCUT2D eigenvalue weighted by molar-refractivity contribution is -0.135. The maximum Gasteiger partial charge on any atom is 0.251 e. The summed E-state index contributed by atoms with van der Waals surface area (Å²) in [6, 6.07) is 18.7. The first-order valence-corrected chi connectivity index (χ1v) is 9.95. The molecule has 1 heterocycles. The maximum atomic E-state index is 13.2. The predicted octanol–water partition coefficient (Wildman–Crippen LogP) is 2.11. The summed E-state index contributed by atoms with van der Waals surface area (Å²) >= 11 is 0. The number of amides is 3. The zero-order chi connectivity index (χ0) is 20.7. The van der Waals surface area contributed by atoms with Crippen LogP contribution in [0.15, 0.2) is 60.7 Å². The third kappa shape index (κ3) is 4.83. The molecule has 29 heavy (non-hydrogen) atoms. The van der Waals surface area contributed by atoms with E-state index in [1.54, 1.807) is 24.0 Å². The zero-order valence-corrected chi connectivity index (χ0v) is 16.7. The molecule has 1 saturated heterocycles. The Labute approximate surface area is 171 Å². The van der Waals surface area contributed by atoms with Crippen molar-refractivity contribution in [2.45, 2.75) is 25.2 Å². The number of piperidine rings is 1. The van der Waals surface area contributed by atoms with Crippen LogP contribution in [0.5, 0.6) is 0 Å². The number of carbonyl (C=O) groups is 3. The van der Waals surface area contributed by atoms with Gasteiger partial charge in [-0.1, -0.05) is 48.5 Å². The molecule has 1 aliphatic rings. The van der Waals surface area contributed by atoms with E-state index in [-0.39, 0.29) is 17.7 Å². The third-order valence-electron chi connectivity index (χ3n) is 5.56. The first kappa shape index (κ1) is 20.6. The monoisotopic (exact) mass is 393 g/mol. The third-order valence-corrected chi connectivity index (χ3v) is 5.56. The lowest BCUT2D eigenvalue weighted by atomic mass is 9.72. The normalized spacial score (nSPS) is 15.4. The number of hydrogen-bond acceptors (Lipinski definition) is 3. The molecule has 2 N–H and O–H groups in total. The number of carbonyl (C=O) groups excluding carboxylic acids is 3. The van der Waals surface area contributed by atoms with Gasteiger partial charge in [0.15, 0.2) is 0 Å². The molecule has 0 unspecified atom stereocenters. The Morgan fingerprint density at radius 2 is 1.41 bits per heavy atom. The highest BCUT2D eigenvalue weighted by molar-refractivity contribution is 5.94. The van der Waals surface area contributed by atoms with Crippen molar-refractivity contribution in [3.05, 3.63) is 71.8 Å². The van der Waals surface area contributed by atoms with Crippen LogP contribution in [0.25, 0.3) is 0 Å². The van der Waals surface area contributed by atoms with E-state index in [0.29, 0.717) is 44.6 Å². The Morgan fingerprint density at radius 3 is 2.00 bits per heavy atom. The molecule has 6 nitrogen and oxygen atoms in total. The van der Waals surface area contributed by atoms with Crippen LogP contribution in [0, 0.1) is 0 Å². The summed E-state index contributed by atoms with van der Waals surface area (Å²) in [6.07, 6.45) is 1.16. The molecule has 3 amide bonds. The maximum absolute atomic E-state index is 13.2. The van der Waals surface area contributed by atoms with Crippen molar-refractivity contribution in [3.8, 4) is 0 Å². The molecule has 152 valence electrons. The van der Waals surface area contributed by atoms with Crippen LogP contribution in [-0.2, 0) is 15.0 Å². The van der Waals surface area contributed by atoms with Crippen molar-refractivity contribution in [2.24, 2.45) is 0 Å². The van der Waals surface area contributed by atoms with Crippen molar-refractivity contribution in [1.82, 2.24) is 15.5 Å². The largest absolute Gasteiger partial charge is 0.354 e. The second-order valence-corrected chi connectivity index (χ2v) is 7.33. The molecular formula is C23H27N3O3. The molecule has 0 saturated carbocycles. The van der Waals surface area contributed by atoms with Gasteiger partial charge < -0.3 is 15.5 Å². The molecular weight excluding hydrogens is 366 g/mol. The SMILES string of the molecule is CC(=O)N1CCC(C(=O)NCCNC(=O)c2ccccc2)(c2ccccc2)CC1. The van der Waals surface area contributed by atoms with E-state index >= 15 is 0 Å². The number of rotatable bonds is 6. The Morgan fingerprint density at radius 1 is 0.862 bits per heavy atom. The van der Waals surface area contributed by atoms with Crippen molar-refractivity contribution in [1.29, 1.82) is 0 Å². The van der Waals surface area contributed by atoms with Gasteiger partial charge in [-0.15, -0.1) is 0 Å². The topological polar surface area (TPSA) is 78.5 Å². The highest BCUT2D eigenvalue weighted by Crippen LogP contribution is 2.35. The van der Waals surface area contributed by atoms with E-state index in [4.69, 9.17) is 0 Å². The summed E-state index contributed by atoms with van der Waals surface area (Å²) in [6.45, 7) is 3.38. The molecule has 0 bridgehead atoms. The molecule has 0 spiro atoms. The summed E-state index contributed by atoms with van der Waals surface area (Å²) in [5.41, 5.74) is 0.904. The minimum Gasteiger partial charge on any atom is -0.354 e. The van der Waals surface area contributed by atoms with Gasteiger partial charge in [0, 0.05) is 38.7 Å². The van der Waals surface area contributed by atoms with Crippen molar-refractivity contribution in [3.63, 3.8) is 0 Å². The van der Waals surface area contributed by atoms with Gasteiger partial charge in [-0.25, -0.2) is 0 Å². The zero-order valence-electron chi connectivity index (χ0n) is 16.7. The molecule has 1 fully saturated rings. The average molecular weight is 393 g/mol. The summed E-state index contributed by atoms with van der Waals surface area (Å²) < 4.78 is 0. The standard InChI is InChI=1S/C23H27N3O3/c1-18(27)26-16-12-23(13-17-26,20-10-6-3-7-11-20)22(29)25-15-14-24-21(28)19-8-4-2-5-9-19/h2-11H,12-17H2,1H3,(H,24,28)(H,25,29). The minimum absolute atomic E-state index is 0.0377. The van der Waals surface area contributed by atoms with E-state index in [1.165, 1.54) is 0 Å². The van der Waals surface area contributed by atoms with E-state index in [1.807, 2.05) is 48.5 Å². The molecule has 3 rings (SSSR count). The summed E-state index contributed by atoms with van der Waals surface area (Å²) in [5, 5.41) is 5.81. The lowest BCUT2D eigenvalue weighted by Gasteiger charge is -2.40. The Hall–Kier alpha value is -3.15. The fourth-order valence-electron chi connectivity index (χ4n) is 3.82. The number of benzene rings is 2. The van der Waals surface area contributed by atoms with Crippen LogP contribution in [0.2, 0.25) is 0 Å². The quantitative estimate of drug-likeness (QED) is 0.738. The minimum atomic E-state index is -0.656. The number of likely N-dealkylation sites (tertiary alicyclic amines) is 1. The van der Waals surface area contributed by atoms with Gasteiger partial charge in [-0.3, -0.25) is 14.4 Å². The fourth-order valence-corrected chi connectivity index (χ4v) is 3.82. The summed E-state index contributed by atoms with van der Waals surface area (Å²) in [7, 11) is 0. The van der Waals surface area contributed by atoms with Crippen LogP contribution < -0.4 is 10.6 Å². The summed E-state index contributed by atoms with van der Waals surface area (Å²) in [5.74, 6) is -0.177. The Bertz CT molecular complexity index is 844.